The van der Waals surface area contributed by atoms with Crippen LogP contribution < -0.4 is 10.6 Å². The van der Waals surface area contributed by atoms with Gasteiger partial charge in [0.15, 0.2) is 0 Å². The van der Waals surface area contributed by atoms with Crippen LogP contribution in [0.4, 0.5) is 5.13 Å². The Labute approximate surface area is 111 Å². The maximum Gasteiger partial charge on any atom is 0.202 e. The van der Waals surface area contributed by atoms with Crippen LogP contribution in [0.3, 0.4) is 0 Å². The maximum absolute atomic E-state index is 4.32. The Morgan fingerprint density at radius 1 is 1.44 bits per heavy atom. The fourth-order valence-corrected chi connectivity index (χ4v) is 2.91. The molecular weight excluding hydrogens is 244 g/mol. The van der Waals surface area contributed by atoms with Crippen LogP contribution in [0.1, 0.15) is 23.0 Å². The quantitative estimate of drug-likeness (QED) is 0.888. The van der Waals surface area contributed by atoms with Crippen molar-refractivity contribution in [2.24, 2.45) is 0 Å². The maximum atomic E-state index is 4.32. The van der Waals surface area contributed by atoms with Crippen LogP contribution in [0.5, 0.6) is 0 Å². The van der Waals surface area contributed by atoms with E-state index in [2.05, 4.69) is 44.3 Å². The molecule has 1 aromatic heterocycles. The molecule has 2 N–H and O–H groups in total. The third-order valence-electron chi connectivity index (χ3n) is 3.20. The molecule has 0 bridgehead atoms. The summed E-state index contributed by atoms with van der Waals surface area (Å²) in [5.41, 5.74) is 2.86. The van der Waals surface area contributed by atoms with Crippen LogP contribution in [-0.4, -0.2) is 22.4 Å². The van der Waals surface area contributed by atoms with Crippen molar-refractivity contribution < 1.29 is 0 Å². The summed E-state index contributed by atoms with van der Waals surface area (Å²) in [5, 5.41) is 7.81. The molecule has 4 nitrogen and oxygen atoms in total. The summed E-state index contributed by atoms with van der Waals surface area (Å²) < 4.78 is 4.17. The van der Waals surface area contributed by atoms with Gasteiger partial charge in [-0.2, -0.15) is 4.37 Å². The van der Waals surface area contributed by atoms with Crippen molar-refractivity contribution in [3.05, 3.63) is 41.2 Å². The number of nitrogens with zero attached hydrogens (tertiary/aromatic N) is 2. The Hall–Kier alpha value is -1.46. The summed E-state index contributed by atoms with van der Waals surface area (Å²) in [4.78, 5) is 4.32. The first-order chi connectivity index (χ1) is 8.83. The Bertz CT molecular complexity index is 537. The molecule has 2 heterocycles. The Morgan fingerprint density at radius 2 is 2.33 bits per heavy atom. The summed E-state index contributed by atoms with van der Waals surface area (Å²) in [6.07, 6.45) is 1.12. The first-order valence-electron chi connectivity index (χ1n) is 6.18. The highest BCUT2D eigenvalue weighted by Crippen LogP contribution is 2.23. The molecule has 0 fully saturated rings. The van der Waals surface area contributed by atoms with E-state index in [1.807, 2.05) is 6.92 Å². The summed E-state index contributed by atoms with van der Waals surface area (Å²) in [5.74, 6) is 0.833. The van der Waals surface area contributed by atoms with E-state index in [0.717, 1.165) is 30.5 Å². The van der Waals surface area contributed by atoms with Crippen molar-refractivity contribution >= 4 is 16.7 Å². The van der Waals surface area contributed by atoms with Gasteiger partial charge in [-0.05, 0) is 31.0 Å². The Kier molecular flexibility index (Phi) is 3.25. The van der Waals surface area contributed by atoms with Gasteiger partial charge in [0, 0.05) is 24.1 Å². The molecule has 1 aliphatic rings. The van der Waals surface area contributed by atoms with Crippen LogP contribution in [0, 0.1) is 6.92 Å². The van der Waals surface area contributed by atoms with Crippen LogP contribution >= 0.6 is 11.5 Å². The lowest BCUT2D eigenvalue weighted by molar-refractivity contribution is 0.523. The summed E-state index contributed by atoms with van der Waals surface area (Å²) in [7, 11) is 0. The van der Waals surface area contributed by atoms with Gasteiger partial charge < -0.3 is 10.6 Å². The molecule has 0 saturated carbocycles. The molecule has 94 valence electrons. The number of benzene rings is 1. The van der Waals surface area contributed by atoms with Crippen LogP contribution in [0.25, 0.3) is 0 Å². The molecule has 0 saturated heterocycles. The molecule has 5 heteroatoms. The number of aryl methyl sites for hydroxylation is 1. The number of aromatic nitrogens is 2. The molecule has 0 spiro atoms. The monoisotopic (exact) mass is 260 g/mol. The minimum atomic E-state index is 0.360. The fraction of sp³-hybridized carbons (Fsp3) is 0.385. The highest BCUT2D eigenvalue weighted by atomic mass is 32.1. The minimum Gasteiger partial charge on any atom is -0.358 e. The molecule has 1 atom stereocenters. The Morgan fingerprint density at radius 3 is 3.17 bits per heavy atom. The first-order valence-corrected chi connectivity index (χ1v) is 6.95. The number of hydrogen-bond donors (Lipinski definition) is 2. The molecule has 18 heavy (non-hydrogen) atoms. The van der Waals surface area contributed by atoms with Gasteiger partial charge in [-0.3, -0.25) is 0 Å². The van der Waals surface area contributed by atoms with Crippen molar-refractivity contribution in [2.45, 2.75) is 19.4 Å². The van der Waals surface area contributed by atoms with E-state index in [9.17, 15) is 0 Å². The second kappa shape index (κ2) is 5.04. The van der Waals surface area contributed by atoms with Gasteiger partial charge in [0.25, 0.3) is 0 Å². The molecule has 0 radical (unpaired) electrons. The van der Waals surface area contributed by atoms with E-state index < -0.39 is 0 Å². The summed E-state index contributed by atoms with van der Waals surface area (Å²) in [6, 6.07) is 9.01. The fourth-order valence-electron chi connectivity index (χ4n) is 2.33. The highest BCUT2D eigenvalue weighted by Gasteiger charge is 2.18. The topological polar surface area (TPSA) is 49.8 Å². The largest absolute Gasteiger partial charge is 0.358 e. The minimum absolute atomic E-state index is 0.360. The lowest BCUT2D eigenvalue weighted by Gasteiger charge is -2.26. The lowest BCUT2D eigenvalue weighted by Crippen LogP contribution is -2.34. The van der Waals surface area contributed by atoms with Crippen molar-refractivity contribution in [3.63, 3.8) is 0 Å². The molecular formula is C13H16N4S. The second-order valence-electron chi connectivity index (χ2n) is 4.48. The zero-order chi connectivity index (χ0) is 12.4. The normalized spacial score (nSPS) is 18.4. The predicted molar refractivity (Wildman–Crippen MR) is 74.0 cm³/mol. The second-order valence-corrected chi connectivity index (χ2v) is 5.24. The van der Waals surface area contributed by atoms with E-state index in [1.54, 1.807) is 0 Å². The lowest BCUT2D eigenvalue weighted by atomic mass is 9.94. The molecule has 2 aromatic rings. The zero-order valence-electron chi connectivity index (χ0n) is 10.3. The van der Waals surface area contributed by atoms with E-state index >= 15 is 0 Å². The van der Waals surface area contributed by atoms with Gasteiger partial charge in [-0.25, -0.2) is 4.98 Å². The average Bonchev–Trinajstić information content (AvgIpc) is 2.82. The first kappa shape index (κ1) is 11.6. The molecule has 1 aromatic carbocycles. The highest BCUT2D eigenvalue weighted by molar-refractivity contribution is 7.09. The van der Waals surface area contributed by atoms with E-state index in [4.69, 9.17) is 0 Å². The number of anilines is 1. The predicted octanol–water partition coefficient (Wildman–Crippen LogP) is 2.15. The molecule has 0 aliphatic carbocycles. The van der Waals surface area contributed by atoms with E-state index in [0.29, 0.717) is 6.04 Å². The van der Waals surface area contributed by atoms with Gasteiger partial charge in [-0.15, -0.1) is 0 Å². The number of fused-ring (bicyclic) bond motifs is 1. The van der Waals surface area contributed by atoms with Crippen molar-refractivity contribution in [1.29, 1.82) is 0 Å². The SMILES string of the molecule is Cc1nsc(NCC2NCCc3ccccc32)n1. The Balaban J connectivity index is 1.71. The van der Waals surface area contributed by atoms with Crippen molar-refractivity contribution in [3.8, 4) is 0 Å². The molecule has 0 amide bonds. The molecule has 1 aliphatic heterocycles. The zero-order valence-corrected chi connectivity index (χ0v) is 11.1. The van der Waals surface area contributed by atoms with Crippen molar-refractivity contribution in [1.82, 2.24) is 14.7 Å². The summed E-state index contributed by atoms with van der Waals surface area (Å²) in [6.45, 7) is 3.81. The van der Waals surface area contributed by atoms with Gasteiger partial charge >= 0.3 is 0 Å². The van der Waals surface area contributed by atoms with Crippen LogP contribution in [0.2, 0.25) is 0 Å². The van der Waals surface area contributed by atoms with Crippen LogP contribution in [-0.2, 0) is 6.42 Å². The van der Waals surface area contributed by atoms with Gasteiger partial charge in [0.1, 0.15) is 5.82 Å². The number of nitrogens with one attached hydrogen (secondary N) is 2. The van der Waals surface area contributed by atoms with E-state index in [1.165, 1.54) is 22.7 Å². The van der Waals surface area contributed by atoms with Gasteiger partial charge in [0.05, 0.1) is 0 Å². The van der Waals surface area contributed by atoms with E-state index in [-0.39, 0.29) is 0 Å². The van der Waals surface area contributed by atoms with Gasteiger partial charge in [0.2, 0.25) is 5.13 Å². The molecule has 1 unspecified atom stereocenters. The average molecular weight is 260 g/mol. The van der Waals surface area contributed by atoms with Gasteiger partial charge in [-0.1, -0.05) is 24.3 Å². The standard InChI is InChI=1S/C13H16N4S/c1-9-16-13(18-17-9)15-8-12-11-5-3-2-4-10(11)6-7-14-12/h2-5,12,14H,6-8H2,1H3,(H,15,16,17). The van der Waals surface area contributed by atoms with Crippen molar-refractivity contribution in [2.75, 3.05) is 18.4 Å². The van der Waals surface area contributed by atoms with Crippen LogP contribution in [0.15, 0.2) is 24.3 Å². The number of rotatable bonds is 3. The third kappa shape index (κ3) is 2.37. The molecule has 3 rings (SSSR count). The smallest absolute Gasteiger partial charge is 0.202 e. The summed E-state index contributed by atoms with van der Waals surface area (Å²) >= 11 is 1.42. The third-order valence-corrected chi connectivity index (χ3v) is 3.96. The number of hydrogen-bond acceptors (Lipinski definition) is 5.